The maximum Gasteiger partial charge on any atom is 0.175 e. The van der Waals surface area contributed by atoms with Crippen molar-refractivity contribution in [2.24, 2.45) is 0 Å². The minimum atomic E-state index is 0.762. The molecule has 0 aliphatic rings. The number of anilines is 1. The number of nitrogens with zero attached hydrogens (tertiary/aromatic N) is 4. The zero-order chi connectivity index (χ0) is 12.1. The largest absolute Gasteiger partial charge is 0.370 e. The first-order valence-corrected chi connectivity index (χ1v) is 6.91. The molecular weight excluding hydrogens is 254 g/mol. The van der Waals surface area contributed by atoms with Crippen molar-refractivity contribution < 1.29 is 0 Å². The molecular formula is C10H13N5S2. The lowest BCUT2D eigenvalue weighted by Crippen LogP contribution is -2.04. The lowest BCUT2D eigenvalue weighted by Gasteiger charge is -2.06. The van der Waals surface area contributed by atoms with Crippen molar-refractivity contribution in [1.82, 2.24) is 19.3 Å². The summed E-state index contributed by atoms with van der Waals surface area (Å²) in [5.74, 6) is 1.63. The van der Waals surface area contributed by atoms with Gasteiger partial charge in [-0.25, -0.2) is 15.0 Å². The molecule has 0 aromatic carbocycles. The monoisotopic (exact) mass is 267 g/mol. The van der Waals surface area contributed by atoms with Crippen LogP contribution in [0.4, 0.5) is 5.82 Å². The average molecular weight is 267 g/mol. The van der Waals surface area contributed by atoms with Gasteiger partial charge in [0.2, 0.25) is 0 Å². The zero-order valence-electron chi connectivity index (χ0n) is 9.67. The highest BCUT2D eigenvalue weighted by Gasteiger charge is 2.05. The van der Waals surface area contributed by atoms with E-state index in [0.717, 1.165) is 34.0 Å². The Morgan fingerprint density at radius 1 is 1.41 bits per heavy atom. The number of rotatable bonds is 5. The summed E-state index contributed by atoms with van der Waals surface area (Å²) < 4.78 is 4.86. The summed E-state index contributed by atoms with van der Waals surface area (Å²) in [6.45, 7) is 4.93. The maximum atomic E-state index is 4.37. The van der Waals surface area contributed by atoms with Gasteiger partial charge >= 0.3 is 0 Å². The van der Waals surface area contributed by atoms with E-state index in [0.29, 0.717) is 0 Å². The molecule has 2 aromatic heterocycles. The van der Waals surface area contributed by atoms with Gasteiger partial charge in [-0.2, -0.15) is 4.37 Å². The summed E-state index contributed by atoms with van der Waals surface area (Å²) in [6.07, 6.45) is 2.62. The topological polar surface area (TPSA) is 63.6 Å². The van der Waals surface area contributed by atoms with E-state index in [9.17, 15) is 0 Å². The van der Waals surface area contributed by atoms with Crippen molar-refractivity contribution in [1.29, 1.82) is 0 Å². The number of hydrogen-bond acceptors (Lipinski definition) is 7. The van der Waals surface area contributed by atoms with Crippen LogP contribution in [0.25, 0.3) is 0 Å². The second-order valence-electron chi connectivity index (χ2n) is 3.37. The predicted molar refractivity (Wildman–Crippen MR) is 69.6 cm³/mol. The van der Waals surface area contributed by atoms with E-state index in [-0.39, 0.29) is 0 Å². The molecule has 7 heteroatoms. The molecule has 0 bridgehead atoms. The second kappa shape index (κ2) is 5.92. The molecule has 2 rings (SSSR count). The first-order chi connectivity index (χ1) is 8.28. The molecule has 0 atom stereocenters. The van der Waals surface area contributed by atoms with E-state index in [2.05, 4.69) is 31.6 Å². The van der Waals surface area contributed by atoms with Gasteiger partial charge in [0.1, 0.15) is 23.0 Å². The van der Waals surface area contributed by atoms with Crippen LogP contribution in [0.2, 0.25) is 0 Å². The van der Waals surface area contributed by atoms with Crippen LogP contribution in [-0.2, 0) is 0 Å². The molecule has 0 fully saturated rings. The van der Waals surface area contributed by atoms with Gasteiger partial charge in [0, 0.05) is 12.6 Å². The first kappa shape index (κ1) is 12.3. The van der Waals surface area contributed by atoms with Crippen LogP contribution < -0.4 is 5.32 Å². The van der Waals surface area contributed by atoms with Crippen molar-refractivity contribution in [3.63, 3.8) is 0 Å². The highest BCUT2D eigenvalue weighted by molar-refractivity contribution is 8.00. The Labute approximate surface area is 108 Å². The number of aromatic nitrogens is 4. The van der Waals surface area contributed by atoms with Gasteiger partial charge in [-0.3, -0.25) is 0 Å². The Balaban J connectivity index is 2.13. The molecule has 0 unspecified atom stereocenters. The summed E-state index contributed by atoms with van der Waals surface area (Å²) >= 11 is 2.88. The van der Waals surface area contributed by atoms with Crippen molar-refractivity contribution >= 4 is 29.1 Å². The Bertz CT molecular complexity index is 472. The summed E-state index contributed by atoms with van der Waals surface area (Å²) in [4.78, 5) is 12.8. The second-order valence-corrected chi connectivity index (χ2v) is 5.42. The maximum absolute atomic E-state index is 4.37. The fourth-order valence-corrected chi connectivity index (χ4v) is 2.67. The number of nitrogens with one attached hydrogen (secondary N) is 1. The lowest BCUT2D eigenvalue weighted by atomic mass is 10.4. The van der Waals surface area contributed by atoms with Gasteiger partial charge in [-0.1, -0.05) is 6.92 Å². The Hall–Kier alpha value is -1.21. The van der Waals surface area contributed by atoms with E-state index < -0.39 is 0 Å². The minimum Gasteiger partial charge on any atom is -0.370 e. The third-order valence-electron chi connectivity index (χ3n) is 1.90. The van der Waals surface area contributed by atoms with E-state index in [1.165, 1.54) is 23.3 Å². The molecule has 17 heavy (non-hydrogen) atoms. The summed E-state index contributed by atoms with van der Waals surface area (Å²) in [5.41, 5.74) is 0. The third-order valence-corrected chi connectivity index (χ3v) is 3.54. The van der Waals surface area contributed by atoms with Crippen LogP contribution in [-0.4, -0.2) is 25.9 Å². The molecule has 0 spiro atoms. The number of hydrogen-bond donors (Lipinski definition) is 1. The molecule has 0 radical (unpaired) electrons. The molecule has 2 aromatic rings. The van der Waals surface area contributed by atoms with Gasteiger partial charge in [0.05, 0.1) is 0 Å². The molecule has 0 amide bonds. The molecule has 2 heterocycles. The van der Waals surface area contributed by atoms with Crippen LogP contribution in [0.15, 0.2) is 21.8 Å². The Morgan fingerprint density at radius 3 is 3.00 bits per heavy atom. The predicted octanol–water partition coefficient (Wildman–Crippen LogP) is 2.61. The van der Waals surface area contributed by atoms with Gasteiger partial charge in [-0.15, -0.1) is 0 Å². The molecule has 1 N–H and O–H groups in total. The van der Waals surface area contributed by atoms with Crippen LogP contribution in [0.3, 0.4) is 0 Å². The molecule has 90 valence electrons. The molecule has 0 saturated carbocycles. The third kappa shape index (κ3) is 3.64. The molecule has 0 aliphatic heterocycles. The van der Waals surface area contributed by atoms with Crippen molar-refractivity contribution in [3.05, 3.63) is 18.2 Å². The van der Waals surface area contributed by atoms with E-state index in [1.54, 1.807) is 6.33 Å². The smallest absolute Gasteiger partial charge is 0.175 e. The van der Waals surface area contributed by atoms with Gasteiger partial charge in [0.15, 0.2) is 4.34 Å². The van der Waals surface area contributed by atoms with Crippen molar-refractivity contribution in [3.8, 4) is 0 Å². The highest BCUT2D eigenvalue weighted by atomic mass is 32.2. The normalized spacial score (nSPS) is 10.5. The molecule has 5 nitrogen and oxygen atoms in total. The minimum absolute atomic E-state index is 0.762. The average Bonchev–Trinajstić information content (AvgIpc) is 2.78. The Morgan fingerprint density at radius 2 is 2.29 bits per heavy atom. The Kier molecular flexibility index (Phi) is 4.27. The number of aryl methyl sites for hydroxylation is 1. The van der Waals surface area contributed by atoms with Crippen LogP contribution >= 0.6 is 23.3 Å². The SMILES string of the molecule is CCCNc1cc(Sc2ncns2)nc(C)n1. The standard InChI is InChI=1S/C10H13N5S2/c1-3-4-11-8-5-9(15-7(2)14-8)16-10-12-6-13-17-10/h5-6H,3-4H2,1-2H3,(H,11,14,15). The van der Waals surface area contributed by atoms with Crippen molar-refractivity contribution in [2.75, 3.05) is 11.9 Å². The van der Waals surface area contributed by atoms with E-state index in [4.69, 9.17) is 0 Å². The fraction of sp³-hybridized carbons (Fsp3) is 0.400. The molecule has 0 aliphatic carbocycles. The highest BCUT2D eigenvalue weighted by Crippen LogP contribution is 2.27. The van der Waals surface area contributed by atoms with Gasteiger partial charge in [-0.05, 0) is 36.6 Å². The van der Waals surface area contributed by atoms with E-state index >= 15 is 0 Å². The fourth-order valence-electron chi connectivity index (χ4n) is 1.23. The zero-order valence-corrected chi connectivity index (χ0v) is 11.3. The quantitative estimate of drug-likeness (QED) is 0.840. The van der Waals surface area contributed by atoms with Gasteiger partial charge in [0.25, 0.3) is 0 Å². The molecule has 0 saturated heterocycles. The summed E-state index contributed by atoms with van der Waals surface area (Å²) in [6, 6.07) is 1.94. The van der Waals surface area contributed by atoms with Crippen LogP contribution in [0.1, 0.15) is 19.2 Å². The van der Waals surface area contributed by atoms with Crippen molar-refractivity contribution in [2.45, 2.75) is 29.6 Å². The van der Waals surface area contributed by atoms with E-state index in [1.807, 2.05) is 13.0 Å². The van der Waals surface area contributed by atoms with Crippen LogP contribution in [0, 0.1) is 6.92 Å². The lowest BCUT2D eigenvalue weighted by molar-refractivity contribution is 0.927. The van der Waals surface area contributed by atoms with Crippen LogP contribution in [0.5, 0.6) is 0 Å². The summed E-state index contributed by atoms with van der Waals surface area (Å²) in [5, 5.41) is 4.15. The summed E-state index contributed by atoms with van der Waals surface area (Å²) in [7, 11) is 0. The van der Waals surface area contributed by atoms with Gasteiger partial charge < -0.3 is 5.32 Å². The first-order valence-electron chi connectivity index (χ1n) is 5.32.